The van der Waals surface area contributed by atoms with Crippen LogP contribution >= 0.6 is 11.8 Å². The lowest BCUT2D eigenvalue weighted by molar-refractivity contribution is 0.0746. The lowest BCUT2D eigenvalue weighted by Crippen LogP contribution is -2.32. The first-order chi connectivity index (χ1) is 11.6. The molecule has 0 N–H and O–H groups in total. The summed E-state index contributed by atoms with van der Waals surface area (Å²) in [7, 11) is 0. The van der Waals surface area contributed by atoms with Gasteiger partial charge in [0.25, 0.3) is 5.91 Å². The zero-order valence-electron chi connectivity index (χ0n) is 14.5. The molecule has 5 heteroatoms. The molecule has 1 saturated carbocycles. The molecule has 1 fully saturated rings. The third-order valence-corrected chi connectivity index (χ3v) is 4.99. The summed E-state index contributed by atoms with van der Waals surface area (Å²) >= 11 is 1.53. The highest BCUT2D eigenvalue weighted by Crippen LogP contribution is 2.39. The quantitative estimate of drug-likeness (QED) is 0.587. The topological polar surface area (TPSA) is 46.1 Å². The number of aromatic nitrogens is 2. The molecule has 1 aliphatic carbocycles. The summed E-state index contributed by atoms with van der Waals surface area (Å²) in [5, 5.41) is 0.806. The largest absolute Gasteiger partial charge is 0.334 e. The Morgan fingerprint density at radius 2 is 1.96 bits per heavy atom. The van der Waals surface area contributed by atoms with Crippen molar-refractivity contribution in [2.24, 2.45) is 0 Å². The zero-order valence-corrected chi connectivity index (χ0v) is 15.3. The Hall–Kier alpha value is -1.88. The first-order valence-electron chi connectivity index (χ1n) is 8.39. The second-order valence-electron chi connectivity index (χ2n) is 6.13. The highest BCUT2D eigenvalue weighted by atomic mass is 32.2. The molecule has 1 heterocycles. The van der Waals surface area contributed by atoms with E-state index in [9.17, 15) is 4.79 Å². The molecule has 0 aliphatic heterocycles. The van der Waals surface area contributed by atoms with Crippen molar-refractivity contribution in [2.75, 3.05) is 12.8 Å². The van der Waals surface area contributed by atoms with Crippen LogP contribution in [0.1, 0.15) is 53.1 Å². The van der Waals surface area contributed by atoms with E-state index in [0.29, 0.717) is 24.6 Å². The Labute approximate surface area is 147 Å². The van der Waals surface area contributed by atoms with Gasteiger partial charge in [-0.25, -0.2) is 9.97 Å². The van der Waals surface area contributed by atoms with Crippen LogP contribution < -0.4 is 0 Å². The van der Waals surface area contributed by atoms with Crippen LogP contribution in [-0.2, 0) is 6.54 Å². The van der Waals surface area contributed by atoms with Gasteiger partial charge in [0.1, 0.15) is 10.9 Å². The predicted molar refractivity (Wildman–Crippen MR) is 97.4 cm³/mol. The molecule has 0 saturated heterocycles. The molecule has 1 aromatic carbocycles. The van der Waals surface area contributed by atoms with E-state index < -0.39 is 0 Å². The van der Waals surface area contributed by atoms with Gasteiger partial charge in [0.05, 0.1) is 11.3 Å². The maximum Gasteiger partial charge on any atom is 0.258 e. The average molecular weight is 341 g/mol. The Morgan fingerprint density at radius 1 is 1.25 bits per heavy atom. The minimum Gasteiger partial charge on any atom is -0.334 e. The molecule has 1 aromatic heterocycles. The van der Waals surface area contributed by atoms with Gasteiger partial charge in [-0.05, 0) is 38.5 Å². The molecular weight excluding hydrogens is 318 g/mol. The van der Waals surface area contributed by atoms with Crippen molar-refractivity contribution in [1.82, 2.24) is 14.9 Å². The molecule has 126 valence electrons. The Balaban J connectivity index is 1.89. The molecule has 0 bridgehead atoms. The summed E-state index contributed by atoms with van der Waals surface area (Å²) in [6.45, 7) is 5.20. The van der Waals surface area contributed by atoms with Crippen molar-refractivity contribution in [2.45, 2.75) is 44.2 Å². The van der Waals surface area contributed by atoms with Gasteiger partial charge in [0.2, 0.25) is 0 Å². The molecule has 0 spiro atoms. The number of nitrogens with zero attached hydrogens (tertiary/aromatic N) is 3. The fraction of sp³-hybridized carbons (Fsp3) is 0.421. The molecular formula is C19H23N3OS. The van der Waals surface area contributed by atoms with E-state index >= 15 is 0 Å². The minimum atomic E-state index is 0.0190. The molecule has 2 aromatic rings. The van der Waals surface area contributed by atoms with Crippen LogP contribution in [0.25, 0.3) is 0 Å². The standard InChI is InChI=1S/C19H23N3OS/c1-4-22(12-14-8-6-5-7-9-14)19(23)16-13(2)20-17(15-10-11-15)21-18(16)24-3/h5-9,15H,4,10-12H2,1-3H3. The van der Waals surface area contributed by atoms with Crippen molar-refractivity contribution in [1.29, 1.82) is 0 Å². The third-order valence-electron chi connectivity index (χ3n) is 4.31. The number of amides is 1. The van der Waals surface area contributed by atoms with Gasteiger partial charge >= 0.3 is 0 Å². The fourth-order valence-electron chi connectivity index (χ4n) is 2.77. The van der Waals surface area contributed by atoms with Crippen molar-refractivity contribution in [3.05, 3.63) is 53.0 Å². The average Bonchev–Trinajstić information content (AvgIpc) is 3.44. The molecule has 0 radical (unpaired) electrons. The van der Waals surface area contributed by atoms with Gasteiger partial charge in [-0.3, -0.25) is 4.79 Å². The zero-order chi connectivity index (χ0) is 17.1. The van der Waals surface area contributed by atoms with Gasteiger partial charge in [-0.15, -0.1) is 11.8 Å². The van der Waals surface area contributed by atoms with E-state index in [1.807, 2.05) is 55.3 Å². The van der Waals surface area contributed by atoms with Crippen LogP contribution in [0.5, 0.6) is 0 Å². The fourth-order valence-corrected chi connectivity index (χ4v) is 3.40. The second kappa shape index (κ2) is 7.34. The highest BCUT2D eigenvalue weighted by molar-refractivity contribution is 7.98. The SMILES string of the molecule is CCN(Cc1ccccc1)C(=O)c1c(C)nc(C2CC2)nc1SC. The van der Waals surface area contributed by atoms with Crippen LogP contribution in [0.15, 0.2) is 35.4 Å². The van der Waals surface area contributed by atoms with Crippen LogP contribution in [0.3, 0.4) is 0 Å². The van der Waals surface area contributed by atoms with Gasteiger partial charge in [-0.2, -0.15) is 0 Å². The monoisotopic (exact) mass is 341 g/mol. The maximum atomic E-state index is 13.1. The molecule has 1 amide bonds. The Bertz CT molecular complexity index is 729. The smallest absolute Gasteiger partial charge is 0.258 e. The lowest BCUT2D eigenvalue weighted by Gasteiger charge is -2.23. The number of benzene rings is 1. The van der Waals surface area contributed by atoms with Gasteiger partial charge in [0, 0.05) is 19.0 Å². The van der Waals surface area contributed by atoms with Crippen LogP contribution in [0, 0.1) is 6.92 Å². The van der Waals surface area contributed by atoms with Crippen LogP contribution in [0.4, 0.5) is 0 Å². The van der Waals surface area contributed by atoms with E-state index in [0.717, 1.165) is 34.9 Å². The van der Waals surface area contributed by atoms with Gasteiger partial charge in [0.15, 0.2) is 0 Å². The third kappa shape index (κ3) is 3.61. The first kappa shape index (κ1) is 17.0. The number of thioether (sulfide) groups is 1. The number of rotatable bonds is 6. The molecule has 24 heavy (non-hydrogen) atoms. The molecule has 3 rings (SSSR count). The molecule has 0 atom stereocenters. The number of carbonyl (C=O) groups is 1. The summed E-state index contributed by atoms with van der Waals surface area (Å²) < 4.78 is 0. The minimum absolute atomic E-state index is 0.0190. The van der Waals surface area contributed by atoms with Crippen LogP contribution in [-0.4, -0.2) is 33.6 Å². The molecule has 0 unspecified atom stereocenters. The summed E-state index contributed by atoms with van der Waals surface area (Å²) in [6.07, 6.45) is 4.30. The number of hydrogen-bond donors (Lipinski definition) is 0. The van der Waals surface area contributed by atoms with Crippen LogP contribution in [0.2, 0.25) is 0 Å². The lowest BCUT2D eigenvalue weighted by atomic mass is 10.1. The van der Waals surface area contributed by atoms with E-state index in [-0.39, 0.29) is 5.91 Å². The Morgan fingerprint density at radius 3 is 2.54 bits per heavy atom. The van der Waals surface area contributed by atoms with Gasteiger partial charge < -0.3 is 4.90 Å². The normalized spacial score (nSPS) is 13.8. The molecule has 4 nitrogen and oxygen atoms in total. The molecule has 1 aliphatic rings. The second-order valence-corrected chi connectivity index (χ2v) is 6.93. The maximum absolute atomic E-state index is 13.1. The highest BCUT2D eigenvalue weighted by Gasteiger charge is 2.30. The van der Waals surface area contributed by atoms with E-state index in [4.69, 9.17) is 0 Å². The Kier molecular flexibility index (Phi) is 5.19. The van der Waals surface area contributed by atoms with Crippen molar-refractivity contribution in [3.63, 3.8) is 0 Å². The number of aryl methyl sites for hydroxylation is 1. The number of hydrogen-bond acceptors (Lipinski definition) is 4. The van der Waals surface area contributed by atoms with E-state index in [1.54, 1.807) is 0 Å². The summed E-state index contributed by atoms with van der Waals surface area (Å²) in [4.78, 5) is 24.2. The van der Waals surface area contributed by atoms with Crippen molar-refractivity contribution >= 4 is 17.7 Å². The summed E-state index contributed by atoms with van der Waals surface area (Å²) in [5.74, 6) is 1.41. The first-order valence-corrected chi connectivity index (χ1v) is 9.62. The predicted octanol–water partition coefficient (Wildman–Crippen LogP) is 4.05. The summed E-state index contributed by atoms with van der Waals surface area (Å²) in [6, 6.07) is 10.1. The van der Waals surface area contributed by atoms with Crippen molar-refractivity contribution in [3.8, 4) is 0 Å². The van der Waals surface area contributed by atoms with Crippen molar-refractivity contribution < 1.29 is 4.79 Å². The van der Waals surface area contributed by atoms with Gasteiger partial charge in [-0.1, -0.05) is 30.3 Å². The van der Waals surface area contributed by atoms with E-state index in [1.165, 1.54) is 11.8 Å². The number of carbonyl (C=O) groups excluding carboxylic acids is 1. The summed E-state index contributed by atoms with van der Waals surface area (Å²) in [5.41, 5.74) is 2.59. The van der Waals surface area contributed by atoms with E-state index in [2.05, 4.69) is 9.97 Å².